The smallest absolute Gasteiger partial charge is 0.170 e. The van der Waals surface area contributed by atoms with Gasteiger partial charge in [0.15, 0.2) is 11.6 Å². The van der Waals surface area contributed by atoms with E-state index < -0.39 is 0 Å². The van der Waals surface area contributed by atoms with Crippen molar-refractivity contribution in [3.05, 3.63) is 28.0 Å². The van der Waals surface area contributed by atoms with Gasteiger partial charge in [-0.3, -0.25) is 0 Å². The van der Waals surface area contributed by atoms with Gasteiger partial charge in [0.1, 0.15) is 0 Å². The number of halogens is 2. The fourth-order valence-corrected chi connectivity index (χ4v) is 2.71. The summed E-state index contributed by atoms with van der Waals surface area (Å²) in [5.74, 6) is 0.0573. The predicted molar refractivity (Wildman–Crippen MR) is 65.2 cm³/mol. The fourth-order valence-electron chi connectivity index (χ4n) is 2.12. The van der Waals surface area contributed by atoms with Gasteiger partial charge in [-0.2, -0.15) is 0 Å². The molecule has 1 aromatic carbocycles. The summed E-state index contributed by atoms with van der Waals surface area (Å²) in [6.45, 7) is 0.952. The molecule has 0 radical (unpaired) electrons. The van der Waals surface area contributed by atoms with Gasteiger partial charge in [-0.1, -0.05) is 22.4 Å². The number of benzene rings is 1. The Kier molecular flexibility index (Phi) is 3.82. The summed E-state index contributed by atoms with van der Waals surface area (Å²) in [6.07, 6.45) is 3.28. The summed E-state index contributed by atoms with van der Waals surface area (Å²) < 4.78 is 19.9. The van der Waals surface area contributed by atoms with Gasteiger partial charge in [-0.05, 0) is 31.5 Å². The van der Waals surface area contributed by atoms with Crippen LogP contribution in [-0.2, 0) is 0 Å². The average Bonchev–Trinajstić information content (AvgIpc) is 2.31. The highest BCUT2D eigenvalue weighted by atomic mass is 79.9. The Hall–Kier alpha value is -0.610. The number of nitrogens with one attached hydrogen (secondary N) is 1. The van der Waals surface area contributed by atoms with Crippen LogP contribution in [0.3, 0.4) is 0 Å². The van der Waals surface area contributed by atoms with Crippen molar-refractivity contribution in [2.75, 3.05) is 13.7 Å². The molecule has 4 heteroatoms. The summed E-state index contributed by atoms with van der Waals surface area (Å²) in [7, 11) is 1.49. The van der Waals surface area contributed by atoms with Gasteiger partial charge >= 0.3 is 0 Å². The molecule has 0 spiro atoms. The molecule has 1 unspecified atom stereocenters. The third-order valence-corrected chi connectivity index (χ3v) is 3.66. The number of hydrogen-bond acceptors (Lipinski definition) is 2. The summed E-state index contributed by atoms with van der Waals surface area (Å²) >= 11 is 3.41. The lowest BCUT2D eigenvalue weighted by Gasteiger charge is -2.25. The zero-order valence-electron chi connectivity index (χ0n) is 9.22. The van der Waals surface area contributed by atoms with Gasteiger partial charge in [-0.15, -0.1) is 0 Å². The van der Waals surface area contributed by atoms with Gasteiger partial charge in [-0.25, -0.2) is 4.39 Å². The molecular formula is C12H15BrFNO. The van der Waals surface area contributed by atoms with Gasteiger partial charge in [0.05, 0.1) is 7.11 Å². The van der Waals surface area contributed by atoms with Crippen LogP contribution in [-0.4, -0.2) is 13.7 Å². The maximum Gasteiger partial charge on any atom is 0.170 e. The summed E-state index contributed by atoms with van der Waals surface area (Å²) in [6, 6.07) is 3.58. The Morgan fingerprint density at radius 1 is 1.44 bits per heavy atom. The molecule has 0 bridgehead atoms. The molecule has 0 amide bonds. The van der Waals surface area contributed by atoms with E-state index in [1.165, 1.54) is 13.5 Å². The van der Waals surface area contributed by atoms with E-state index in [1.807, 2.05) is 6.07 Å². The van der Waals surface area contributed by atoms with Crippen molar-refractivity contribution in [1.29, 1.82) is 0 Å². The van der Waals surface area contributed by atoms with Crippen molar-refractivity contribution in [3.8, 4) is 5.75 Å². The highest BCUT2D eigenvalue weighted by Crippen LogP contribution is 2.35. The molecule has 1 N–H and O–H groups in total. The van der Waals surface area contributed by atoms with E-state index >= 15 is 0 Å². The van der Waals surface area contributed by atoms with E-state index in [9.17, 15) is 4.39 Å². The molecule has 1 aliphatic rings. The van der Waals surface area contributed by atoms with Gasteiger partial charge in [0.25, 0.3) is 0 Å². The topological polar surface area (TPSA) is 21.3 Å². The quantitative estimate of drug-likeness (QED) is 0.900. The average molecular weight is 288 g/mol. The Morgan fingerprint density at radius 3 is 2.88 bits per heavy atom. The van der Waals surface area contributed by atoms with Crippen LogP contribution in [0, 0.1) is 5.82 Å². The molecule has 1 fully saturated rings. The van der Waals surface area contributed by atoms with E-state index in [4.69, 9.17) is 4.74 Å². The van der Waals surface area contributed by atoms with Crippen molar-refractivity contribution in [3.63, 3.8) is 0 Å². The molecule has 2 rings (SSSR count). The molecule has 1 heterocycles. The van der Waals surface area contributed by atoms with Crippen LogP contribution in [0.2, 0.25) is 0 Å². The maximum absolute atomic E-state index is 14.1. The van der Waals surface area contributed by atoms with Crippen LogP contribution in [0.4, 0.5) is 4.39 Å². The van der Waals surface area contributed by atoms with Gasteiger partial charge < -0.3 is 10.1 Å². The summed E-state index contributed by atoms with van der Waals surface area (Å²) in [5.41, 5.74) is 0.694. The van der Waals surface area contributed by atoms with Crippen LogP contribution < -0.4 is 10.1 Å². The van der Waals surface area contributed by atoms with Crippen molar-refractivity contribution in [2.45, 2.75) is 25.3 Å². The molecular weight excluding hydrogens is 273 g/mol. The zero-order valence-corrected chi connectivity index (χ0v) is 10.8. The molecule has 0 aromatic heterocycles. The third-order valence-electron chi connectivity index (χ3n) is 2.97. The lowest BCUT2D eigenvalue weighted by atomic mass is 9.97. The molecule has 0 aliphatic carbocycles. The molecule has 1 aromatic rings. The monoisotopic (exact) mass is 287 g/mol. The number of ether oxygens (including phenoxy) is 1. The molecule has 0 saturated carbocycles. The minimum absolute atomic E-state index is 0.0956. The zero-order chi connectivity index (χ0) is 11.5. The van der Waals surface area contributed by atoms with E-state index in [0.717, 1.165) is 23.9 Å². The number of piperidine rings is 1. The van der Waals surface area contributed by atoms with Crippen LogP contribution in [0.25, 0.3) is 0 Å². The van der Waals surface area contributed by atoms with Crippen LogP contribution in [0.15, 0.2) is 16.6 Å². The Labute approximate surface area is 103 Å². The second-order valence-electron chi connectivity index (χ2n) is 3.98. The fraction of sp³-hybridized carbons (Fsp3) is 0.500. The Bertz CT molecular complexity index is 378. The predicted octanol–water partition coefficient (Wildman–Crippen LogP) is 3.41. The highest BCUT2D eigenvalue weighted by Gasteiger charge is 2.23. The van der Waals surface area contributed by atoms with E-state index in [-0.39, 0.29) is 11.9 Å². The first-order valence-corrected chi connectivity index (χ1v) is 6.28. The minimum Gasteiger partial charge on any atom is -0.494 e. The maximum atomic E-state index is 14.1. The normalized spacial score (nSPS) is 20.8. The Morgan fingerprint density at radius 2 is 2.25 bits per heavy atom. The van der Waals surface area contributed by atoms with E-state index in [0.29, 0.717) is 11.3 Å². The first-order valence-electron chi connectivity index (χ1n) is 5.49. The summed E-state index contributed by atoms with van der Waals surface area (Å²) in [4.78, 5) is 0. The lowest BCUT2D eigenvalue weighted by molar-refractivity contribution is 0.365. The Balaban J connectivity index is 2.37. The van der Waals surface area contributed by atoms with Crippen LogP contribution in [0.1, 0.15) is 30.9 Å². The molecule has 1 atom stereocenters. The second kappa shape index (κ2) is 5.15. The molecule has 16 heavy (non-hydrogen) atoms. The van der Waals surface area contributed by atoms with E-state index in [1.54, 1.807) is 6.07 Å². The van der Waals surface area contributed by atoms with Gasteiger partial charge in [0, 0.05) is 16.1 Å². The van der Waals surface area contributed by atoms with Crippen LogP contribution in [0.5, 0.6) is 5.75 Å². The third kappa shape index (κ3) is 2.23. The molecule has 2 nitrogen and oxygen atoms in total. The molecule has 1 saturated heterocycles. The first-order chi connectivity index (χ1) is 7.74. The van der Waals surface area contributed by atoms with Gasteiger partial charge in [0.2, 0.25) is 0 Å². The van der Waals surface area contributed by atoms with Crippen molar-refractivity contribution in [2.24, 2.45) is 0 Å². The summed E-state index contributed by atoms with van der Waals surface area (Å²) in [5, 5.41) is 3.34. The molecule has 1 aliphatic heterocycles. The second-order valence-corrected chi connectivity index (χ2v) is 4.83. The lowest BCUT2D eigenvalue weighted by Crippen LogP contribution is -2.27. The van der Waals surface area contributed by atoms with Crippen molar-refractivity contribution in [1.82, 2.24) is 5.32 Å². The largest absolute Gasteiger partial charge is 0.494 e. The molecule has 88 valence electrons. The van der Waals surface area contributed by atoms with E-state index in [2.05, 4.69) is 21.2 Å². The number of rotatable bonds is 2. The first kappa shape index (κ1) is 11.9. The highest BCUT2D eigenvalue weighted by molar-refractivity contribution is 9.10. The standard InChI is InChI=1S/C12H15BrFNO/c1-16-10-6-5-8(13)11(12(10)14)9-4-2-3-7-15-9/h5-6,9,15H,2-4,7H2,1H3. The van der Waals surface area contributed by atoms with Crippen molar-refractivity contribution >= 4 is 15.9 Å². The number of hydrogen-bond donors (Lipinski definition) is 1. The van der Waals surface area contributed by atoms with Crippen molar-refractivity contribution < 1.29 is 9.13 Å². The SMILES string of the molecule is COc1ccc(Br)c(C2CCCCN2)c1F. The van der Waals surface area contributed by atoms with Crippen LogP contribution >= 0.6 is 15.9 Å². The minimum atomic E-state index is -0.253. The number of methoxy groups -OCH3 is 1.